The number of carbonyl (C=O) groups is 1. The van der Waals surface area contributed by atoms with Gasteiger partial charge in [0.2, 0.25) is 0 Å². The molecule has 3 aromatic rings. The molecule has 1 aromatic heterocycles. The molecule has 0 bridgehead atoms. The van der Waals surface area contributed by atoms with E-state index < -0.39 is 17.7 Å². The van der Waals surface area contributed by atoms with E-state index in [1.165, 1.54) is 17.1 Å². The zero-order valence-corrected chi connectivity index (χ0v) is 16.6. The van der Waals surface area contributed by atoms with Crippen LogP contribution in [0.3, 0.4) is 0 Å². The Morgan fingerprint density at radius 1 is 1.26 bits per heavy atom. The van der Waals surface area contributed by atoms with Crippen LogP contribution in [0.25, 0.3) is 10.9 Å². The summed E-state index contributed by atoms with van der Waals surface area (Å²) in [4.78, 5) is 12.8. The van der Waals surface area contributed by atoms with E-state index in [4.69, 9.17) is 5.26 Å². The number of nitriles is 1. The van der Waals surface area contributed by atoms with E-state index in [1.54, 1.807) is 24.5 Å². The highest BCUT2D eigenvalue weighted by atomic mass is 19.1. The van der Waals surface area contributed by atoms with Crippen molar-refractivity contribution in [3.8, 4) is 6.07 Å². The zero-order valence-electron chi connectivity index (χ0n) is 16.6. The number of rotatable bonds is 6. The molecule has 2 aromatic carbocycles. The van der Waals surface area contributed by atoms with Crippen molar-refractivity contribution in [1.82, 2.24) is 14.8 Å². The molecular weight excluding hydrogens is 400 g/mol. The van der Waals surface area contributed by atoms with E-state index in [0.29, 0.717) is 36.9 Å². The summed E-state index contributed by atoms with van der Waals surface area (Å²) in [6.07, 6.45) is 4.64. The van der Waals surface area contributed by atoms with Crippen LogP contribution in [0.1, 0.15) is 36.4 Å². The molecule has 0 spiro atoms. The fourth-order valence-corrected chi connectivity index (χ4v) is 3.69. The van der Waals surface area contributed by atoms with Crippen LogP contribution < -0.4 is 0 Å². The first-order chi connectivity index (χ1) is 15.0. The molecule has 0 saturated heterocycles. The Bertz CT molecular complexity index is 1240. The molecule has 156 valence electrons. The molecule has 2 heterocycles. The second-order valence-electron chi connectivity index (χ2n) is 7.33. The van der Waals surface area contributed by atoms with E-state index in [-0.39, 0.29) is 11.5 Å². The molecule has 0 N–H and O–H groups in total. The predicted octanol–water partition coefficient (Wildman–Crippen LogP) is 4.48. The third-order valence-corrected chi connectivity index (χ3v) is 5.28. The minimum Gasteiger partial charge on any atom is -0.268 e. The van der Waals surface area contributed by atoms with Gasteiger partial charge in [-0.15, -0.1) is 0 Å². The molecule has 1 unspecified atom stereocenters. The molecule has 1 atom stereocenters. The van der Waals surface area contributed by atoms with Crippen LogP contribution in [0, 0.1) is 23.0 Å². The van der Waals surface area contributed by atoms with Crippen LogP contribution in [0.5, 0.6) is 0 Å². The van der Waals surface area contributed by atoms with Gasteiger partial charge in [-0.05, 0) is 37.1 Å². The highest BCUT2D eigenvalue weighted by Crippen LogP contribution is 2.31. The number of halogens is 2. The highest BCUT2D eigenvalue weighted by molar-refractivity contribution is 5.94. The lowest BCUT2D eigenvalue weighted by Crippen LogP contribution is -2.28. The Hall–Kier alpha value is -3.86. The number of hydrazone groups is 1. The molecule has 31 heavy (non-hydrogen) atoms. The smallest absolute Gasteiger partial charge is 0.268 e. The largest absolute Gasteiger partial charge is 0.269 e. The maximum absolute atomic E-state index is 14.2. The Kier molecular flexibility index (Phi) is 5.58. The zero-order chi connectivity index (χ0) is 22.0. The predicted molar refractivity (Wildman–Crippen MR) is 112 cm³/mol. The average Bonchev–Trinajstić information content (AvgIpc) is 3.40. The number of nitrogens with zero attached hydrogens (tertiary/aromatic N) is 5. The maximum Gasteiger partial charge on any atom is 0.269 e. The second-order valence-corrected chi connectivity index (χ2v) is 7.33. The molecule has 0 saturated carbocycles. The van der Waals surface area contributed by atoms with Gasteiger partial charge in [-0.2, -0.15) is 15.5 Å². The molecular formula is C23H19F2N5O. The summed E-state index contributed by atoms with van der Waals surface area (Å²) in [5.41, 5.74) is 2.06. The lowest BCUT2D eigenvalue weighted by Gasteiger charge is -2.23. The quantitative estimate of drug-likeness (QED) is 0.553. The van der Waals surface area contributed by atoms with Crippen molar-refractivity contribution in [3.63, 3.8) is 0 Å². The van der Waals surface area contributed by atoms with Crippen LogP contribution in [0.2, 0.25) is 0 Å². The van der Waals surface area contributed by atoms with Crippen molar-refractivity contribution in [1.29, 1.82) is 5.26 Å². The lowest BCUT2D eigenvalue weighted by atomic mass is 10.0. The van der Waals surface area contributed by atoms with Gasteiger partial charge in [0, 0.05) is 41.8 Å². The van der Waals surface area contributed by atoms with Gasteiger partial charge in [0.25, 0.3) is 5.91 Å². The number of aryl methyl sites for hydroxylation is 1. The minimum absolute atomic E-state index is 0.222. The molecule has 0 fully saturated rings. The normalized spacial score (nSPS) is 15.4. The molecule has 6 nitrogen and oxygen atoms in total. The fourth-order valence-electron chi connectivity index (χ4n) is 3.69. The van der Waals surface area contributed by atoms with Gasteiger partial charge in [0.1, 0.15) is 11.6 Å². The third kappa shape index (κ3) is 4.08. The van der Waals surface area contributed by atoms with E-state index in [9.17, 15) is 13.6 Å². The summed E-state index contributed by atoms with van der Waals surface area (Å²) in [6, 6.07) is 10.2. The second kappa shape index (κ2) is 8.48. The van der Waals surface area contributed by atoms with Crippen molar-refractivity contribution in [2.24, 2.45) is 5.10 Å². The molecule has 8 heteroatoms. The first-order valence-electron chi connectivity index (χ1n) is 9.82. The third-order valence-electron chi connectivity index (χ3n) is 5.28. The first-order valence-corrected chi connectivity index (χ1v) is 9.82. The monoisotopic (exact) mass is 419 g/mol. The highest BCUT2D eigenvalue weighted by Gasteiger charge is 2.31. The average molecular weight is 419 g/mol. The summed E-state index contributed by atoms with van der Waals surface area (Å²) < 4.78 is 29.2. The first kappa shape index (κ1) is 20.4. The molecule has 1 amide bonds. The SMILES string of the molecule is C=C(CCCn1ncc2cc(C#N)ccc21)C(=O)N1N=CCC1c1ccc(F)cc1F. The van der Waals surface area contributed by atoms with Crippen LogP contribution in [0.15, 0.2) is 59.8 Å². The van der Waals surface area contributed by atoms with Crippen molar-refractivity contribution in [2.45, 2.75) is 31.8 Å². The lowest BCUT2D eigenvalue weighted by molar-refractivity contribution is -0.129. The topological polar surface area (TPSA) is 74.3 Å². The van der Waals surface area contributed by atoms with Crippen LogP contribution in [-0.4, -0.2) is 26.9 Å². The molecule has 1 aliphatic rings. The van der Waals surface area contributed by atoms with Gasteiger partial charge >= 0.3 is 0 Å². The molecule has 1 aliphatic heterocycles. The number of fused-ring (bicyclic) bond motifs is 1. The maximum atomic E-state index is 14.2. The summed E-state index contributed by atoms with van der Waals surface area (Å²) in [6.45, 7) is 4.45. The van der Waals surface area contributed by atoms with Crippen LogP contribution in [-0.2, 0) is 11.3 Å². The minimum atomic E-state index is -0.705. The Balaban J connectivity index is 1.39. The number of aromatic nitrogens is 2. The van der Waals surface area contributed by atoms with Crippen molar-refractivity contribution in [2.75, 3.05) is 0 Å². The summed E-state index contributed by atoms with van der Waals surface area (Å²) in [5, 5.41) is 19.5. The van der Waals surface area contributed by atoms with Gasteiger partial charge < -0.3 is 0 Å². The number of amides is 1. The summed E-state index contributed by atoms with van der Waals surface area (Å²) in [5.74, 6) is -1.76. The number of benzene rings is 2. The van der Waals surface area contributed by atoms with E-state index >= 15 is 0 Å². The van der Waals surface area contributed by atoms with Crippen molar-refractivity contribution >= 4 is 23.0 Å². The van der Waals surface area contributed by atoms with Gasteiger partial charge in [0.05, 0.1) is 29.4 Å². The van der Waals surface area contributed by atoms with Crippen molar-refractivity contribution < 1.29 is 13.6 Å². The number of hydrogen-bond donors (Lipinski definition) is 0. The Labute approximate surface area is 177 Å². The molecule has 4 rings (SSSR count). The van der Waals surface area contributed by atoms with Gasteiger partial charge in [-0.1, -0.05) is 12.6 Å². The number of hydrogen-bond acceptors (Lipinski definition) is 4. The van der Waals surface area contributed by atoms with Gasteiger partial charge in [0.15, 0.2) is 0 Å². The summed E-state index contributed by atoms with van der Waals surface area (Å²) >= 11 is 0. The standard InChI is InChI=1S/C23H19F2N5O/c1-15(3-2-10-29-21-7-4-16(13-26)11-17(21)14-28-29)23(31)30-22(8-9-27-30)19-6-5-18(24)12-20(19)25/h4-7,9,11-12,14,22H,1-3,8,10H2. The Morgan fingerprint density at radius 3 is 2.87 bits per heavy atom. The van der Waals surface area contributed by atoms with E-state index in [1.807, 2.05) is 10.7 Å². The van der Waals surface area contributed by atoms with E-state index in [2.05, 4.69) is 22.8 Å². The number of carbonyl (C=O) groups excluding carboxylic acids is 1. The summed E-state index contributed by atoms with van der Waals surface area (Å²) in [7, 11) is 0. The Morgan fingerprint density at radius 2 is 2.10 bits per heavy atom. The van der Waals surface area contributed by atoms with Gasteiger partial charge in [-0.3, -0.25) is 9.48 Å². The van der Waals surface area contributed by atoms with E-state index in [0.717, 1.165) is 17.0 Å². The van der Waals surface area contributed by atoms with Crippen LogP contribution >= 0.6 is 0 Å². The van der Waals surface area contributed by atoms with Gasteiger partial charge in [-0.25, -0.2) is 13.8 Å². The molecule has 0 radical (unpaired) electrons. The van der Waals surface area contributed by atoms with Crippen LogP contribution in [0.4, 0.5) is 8.78 Å². The fraction of sp³-hybridized carbons (Fsp3) is 0.217. The molecule has 0 aliphatic carbocycles. The van der Waals surface area contributed by atoms with Crippen molar-refractivity contribution in [3.05, 3.63) is 77.5 Å².